The molecule has 4 aromatic heterocycles. The molecule has 0 radical (unpaired) electrons. The predicted octanol–water partition coefficient (Wildman–Crippen LogP) is 9.72. The average molecular weight is 499 g/mol. The second-order valence-corrected chi connectivity index (χ2v) is 10.4. The Morgan fingerprint density at radius 3 is 2.13 bits per heavy atom. The summed E-state index contributed by atoms with van der Waals surface area (Å²) in [4.78, 5) is 4.82. The van der Waals surface area contributed by atoms with Gasteiger partial charge in [0.2, 0.25) is 0 Å². The summed E-state index contributed by atoms with van der Waals surface area (Å²) in [6, 6.07) is 36.3. The van der Waals surface area contributed by atoms with Crippen molar-refractivity contribution < 1.29 is 8.83 Å². The number of hydrogen-bond acceptors (Lipinski definition) is 3. The highest BCUT2D eigenvalue weighted by Crippen LogP contribution is 2.44. The molecule has 0 aliphatic heterocycles. The Hall–Kier alpha value is -5.35. The van der Waals surface area contributed by atoms with Crippen molar-refractivity contribution in [1.82, 2.24) is 9.55 Å². The molecular weight excluding hydrogens is 480 g/mol. The zero-order chi connectivity index (χ0) is 25.2. The van der Waals surface area contributed by atoms with E-state index in [1.807, 2.05) is 24.4 Å². The third-order valence-electron chi connectivity index (χ3n) is 8.37. The number of para-hydroxylation sites is 1. The molecule has 0 unspecified atom stereocenters. The number of fused-ring (bicyclic) bond motifs is 9. The maximum atomic E-state index is 6.52. The predicted molar refractivity (Wildman–Crippen MR) is 159 cm³/mol. The summed E-state index contributed by atoms with van der Waals surface area (Å²) in [5, 5.41) is 10.6. The van der Waals surface area contributed by atoms with Crippen LogP contribution in [0.3, 0.4) is 0 Å². The lowest BCUT2D eigenvalue weighted by atomic mass is 9.94. The van der Waals surface area contributed by atoms with Crippen molar-refractivity contribution >= 4 is 87.4 Å². The molecule has 0 spiro atoms. The van der Waals surface area contributed by atoms with Crippen LogP contribution in [0.4, 0.5) is 0 Å². The van der Waals surface area contributed by atoms with Crippen molar-refractivity contribution in [3.05, 3.63) is 109 Å². The van der Waals surface area contributed by atoms with Crippen LogP contribution in [0, 0.1) is 0 Å². The molecule has 0 bridgehead atoms. The molecule has 180 valence electrons. The average Bonchev–Trinajstić information content (AvgIpc) is 3.64. The first kappa shape index (κ1) is 19.7. The smallest absolute Gasteiger partial charge is 0.138 e. The van der Waals surface area contributed by atoms with Gasteiger partial charge in [-0.1, -0.05) is 54.6 Å². The van der Waals surface area contributed by atoms with Crippen LogP contribution in [0.25, 0.3) is 93.0 Å². The van der Waals surface area contributed by atoms with E-state index < -0.39 is 0 Å². The summed E-state index contributed by atoms with van der Waals surface area (Å²) in [5.74, 6) is 0. The largest absolute Gasteiger partial charge is 0.456 e. The summed E-state index contributed by atoms with van der Waals surface area (Å²) in [6.07, 6.45) is 1.86. The molecule has 0 N–H and O–H groups in total. The SMILES string of the molecule is c1ccc2c(c1)oc1cc3c4ncccc4n(-c4cc5oc6cccc7c8ccccc8c(c4)c5c67)c3cc12. The van der Waals surface area contributed by atoms with Crippen LogP contribution in [-0.2, 0) is 0 Å². The second kappa shape index (κ2) is 6.74. The molecule has 4 heteroatoms. The van der Waals surface area contributed by atoms with Crippen LogP contribution in [0.1, 0.15) is 0 Å². The molecular formula is C35H18N2O2. The van der Waals surface area contributed by atoms with Crippen LogP contribution in [-0.4, -0.2) is 9.55 Å². The van der Waals surface area contributed by atoms with Gasteiger partial charge >= 0.3 is 0 Å². The van der Waals surface area contributed by atoms with Crippen LogP contribution in [0.5, 0.6) is 0 Å². The van der Waals surface area contributed by atoms with E-state index in [0.29, 0.717) is 0 Å². The summed E-state index contributed by atoms with van der Waals surface area (Å²) in [6.45, 7) is 0. The van der Waals surface area contributed by atoms with Gasteiger partial charge in [0.1, 0.15) is 22.3 Å². The number of nitrogens with zero attached hydrogens (tertiary/aromatic N) is 2. The number of aromatic nitrogens is 2. The van der Waals surface area contributed by atoms with Crippen molar-refractivity contribution in [3.63, 3.8) is 0 Å². The van der Waals surface area contributed by atoms with Crippen molar-refractivity contribution in [2.45, 2.75) is 0 Å². The molecule has 0 aliphatic rings. The van der Waals surface area contributed by atoms with E-state index in [9.17, 15) is 0 Å². The first-order chi connectivity index (χ1) is 19.3. The summed E-state index contributed by atoms with van der Waals surface area (Å²) >= 11 is 0. The van der Waals surface area contributed by atoms with E-state index in [1.165, 1.54) is 32.3 Å². The molecule has 4 heterocycles. The Bertz CT molecular complexity index is 2610. The van der Waals surface area contributed by atoms with E-state index in [0.717, 1.165) is 60.7 Å². The fraction of sp³-hybridized carbons (Fsp3) is 0. The first-order valence-corrected chi connectivity index (χ1v) is 13.1. The molecule has 0 saturated heterocycles. The Morgan fingerprint density at radius 2 is 1.21 bits per heavy atom. The quantitative estimate of drug-likeness (QED) is 0.212. The topological polar surface area (TPSA) is 44.1 Å². The molecule has 0 amide bonds. The molecule has 6 aromatic carbocycles. The van der Waals surface area contributed by atoms with Crippen molar-refractivity contribution in [2.24, 2.45) is 0 Å². The minimum absolute atomic E-state index is 0.873. The van der Waals surface area contributed by atoms with E-state index in [-0.39, 0.29) is 0 Å². The molecule has 0 fully saturated rings. The van der Waals surface area contributed by atoms with E-state index in [1.54, 1.807) is 0 Å². The van der Waals surface area contributed by atoms with Crippen molar-refractivity contribution in [1.29, 1.82) is 0 Å². The Labute approximate surface area is 220 Å². The van der Waals surface area contributed by atoms with Gasteiger partial charge in [0.15, 0.2) is 0 Å². The fourth-order valence-electron chi connectivity index (χ4n) is 6.78. The lowest BCUT2D eigenvalue weighted by Gasteiger charge is -2.12. The van der Waals surface area contributed by atoms with Gasteiger partial charge in [-0.2, -0.15) is 0 Å². The van der Waals surface area contributed by atoms with E-state index in [2.05, 4.69) is 89.5 Å². The van der Waals surface area contributed by atoms with Crippen molar-refractivity contribution in [3.8, 4) is 5.69 Å². The molecule has 4 nitrogen and oxygen atoms in total. The lowest BCUT2D eigenvalue weighted by Crippen LogP contribution is -1.94. The zero-order valence-electron chi connectivity index (χ0n) is 20.6. The molecule has 10 rings (SSSR count). The van der Waals surface area contributed by atoms with E-state index >= 15 is 0 Å². The maximum absolute atomic E-state index is 6.52. The van der Waals surface area contributed by atoms with Crippen LogP contribution >= 0.6 is 0 Å². The highest BCUT2D eigenvalue weighted by Gasteiger charge is 2.21. The van der Waals surface area contributed by atoms with Crippen LogP contribution in [0.2, 0.25) is 0 Å². The lowest BCUT2D eigenvalue weighted by molar-refractivity contribution is 0.668. The van der Waals surface area contributed by atoms with Crippen LogP contribution < -0.4 is 0 Å². The first-order valence-electron chi connectivity index (χ1n) is 13.1. The third-order valence-corrected chi connectivity index (χ3v) is 8.37. The Morgan fingerprint density at radius 1 is 0.462 bits per heavy atom. The number of pyridine rings is 1. The molecule has 0 saturated carbocycles. The fourth-order valence-corrected chi connectivity index (χ4v) is 6.78. The van der Waals surface area contributed by atoms with Gasteiger partial charge in [0.05, 0.1) is 22.2 Å². The normalized spacial score (nSPS) is 12.6. The highest BCUT2D eigenvalue weighted by atomic mass is 16.3. The maximum Gasteiger partial charge on any atom is 0.138 e. The Balaban J connectivity index is 1.41. The summed E-state index contributed by atoms with van der Waals surface area (Å²) in [7, 11) is 0. The van der Waals surface area contributed by atoms with Gasteiger partial charge in [-0.15, -0.1) is 0 Å². The van der Waals surface area contributed by atoms with E-state index in [4.69, 9.17) is 13.8 Å². The monoisotopic (exact) mass is 498 g/mol. The van der Waals surface area contributed by atoms with Crippen LogP contribution in [0.15, 0.2) is 118 Å². The van der Waals surface area contributed by atoms with Gasteiger partial charge in [0.25, 0.3) is 0 Å². The van der Waals surface area contributed by atoms with Crippen molar-refractivity contribution in [2.75, 3.05) is 0 Å². The summed E-state index contributed by atoms with van der Waals surface area (Å²) < 4.78 is 15.1. The highest BCUT2D eigenvalue weighted by molar-refractivity contribution is 6.33. The summed E-state index contributed by atoms with van der Waals surface area (Å²) in [5.41, 5.74) is 7.74. The molecule has 39 heavy (non-hydrogen) atoms. The standard InChI is InChI=1S/C35H18N2O2/c1-2-8-21-20(7-1)23-10-5-13-30-33(23)34-25(21)15-19(16-32(34)39-30)37-27-11-6-14-36-35(27)26-18-31-24(17-28(26)37)22-9-3-4-12-29(22)38-31/h1-18H. The molecule has 0 aliphatic carbocycles. The van der Waals surface area contributed by atoms with Gasteiger partial charge in [-0.3, -0.25) is 4.98 Å². The number of rotatable bonds is 1. The number of furan rings is 2. The second-order valence-electron chi connectivity index (χ2n) is 10.4. The van der Waals surface area contributed by atoms with Gasteiger partial charge < -0.3 is 13.4 Å². The molecule has 0 atom stereocenters. The van der Waals surface area contributed by atoms with Gasteiger partial charge in [0, 0.05) is 39.2 Å². The number of benzene rings is 6. The minimum Gasteiger partial charge on any atom is -0.456 e. The zero-order valence-corrected chi connectivity index (χ0v) is 20.6. The van der Waals surface area contributed by atoms with Gasteiger partial charge in [-0.25, -0.2) is 0 Å². The van der Waals surface area contributed by atoms with Gasteiger partial charge in [-0.05, 0) is 64.0 Å². The third kappa shape index (κ3) is 2.37. The molecule has 10 aromatic rings. The number of hydrogen-bond donors (Lipinski definition) is 0. The minimum atomic E-state index is 0.873. The Kier molecular flexibility index (Phi) is 3.41.